The second kappa shape index (κ2) is 5.63. The van der Waals surface area contributed by atoms with E-state index in [1.54, 1.807) is 23.5 Å². The van der Waals surface area contributed by atoms with Gasteiger partial charge in [0.05, 0.1) is 15.7 Å². The van der Waals surface area contributed by atoms with Crippen LogP contribution in [0.4, 0.5) is 0 Å². The molecule has 0 spiro atoms. The van der Waals surface area contributed by atoms with Crippen LogP contribution in [0.15, 0.2) is 40.7 Å². The second-order valence-electron chi connectivity index (χ2n) is 4.83. The lowest BCUT2D eigenvalue weighted by atomic mass is 10.0. The maximum absolute atomic E-state index is 12.0. The largest absolute Gasteiger partial charge is 0.309 e. The number of hydrogen-bond donors (Lipinski definition) is 1. The van der Waals surface area contributed by atoms with Crippen LogP contribution in [0.5, 0.6) is 0 Å². The highest BCUT2D eigenvalue weighted by Crippen LogP contribution is 2.31. The van der Waals surface area contributed by atoms with Crippen molar-refractivity contribution in [2.45, 2.75) is 23.8 Å². The minimum Gasteiger partial charge on any atom is -0.309 e. The number of fused-ring (bicyclic) bond motifs is 1. The van der Waals surface area contributed by atoms with Crippen molar-refractivity contribution in [2.75, 3.05) is 12.3 Å². The number of thiazole rings is 1. The number of benzene rings is 1. The third-order valence-electron chi connectivity index (χ3n) is 3.52. The van der Waals surface area contributed by atoms with E-state index >= 15 is 0 Å². The molecule has 0 radical (unpaired) electrons. The summed E-state index contributed by atoms with van der Waals surface area (Å²) in [6, 6.07) is 7.42. The van der Waals surface area contributed by atoms with E-state index in [0.29, 0.717) is 11.3 Å². The maximum atomic E-state index is 12.0. The summed E-state index contributed by atoms with van der Waals surface area (Å²) in [6.45, 7) is 0.812. The van der Waals surface area contributed by atoms with Crippen molar-refractivity contribution >= 4 is 21.2 Å². The van der Waals surface area contributed by atoms with E-state index in [0.717, 1.165) is 23.5 Å². The number of nitrogens with one attached hydrogen (secondary N) is 1. The van der Waals surface area contributed by atoms with Crippen molar-refractivity contribution in [3.63, 3.8) is 0 Å². The van der Waals surface area contributed by atoms with E-state index in [1.165, 1.54) is 0 Å². The highest BCUT2D eigenvalue weighted by molar-refractivity contribution is 7.91. The van der Waals surface area contributed by atoms with Gasteiger partial charge >= 0.3 is 0 Å². The summed E-state index contributed by atoms with van der Waals surface area (Å²) in [5.74, 6) is 0.221. The van der Waals surface area contributed by atoms with Gasteiger partial charge in [0.2, 0.25) is 0 Å². The van der Waals surface area contributed by atoms with Gasteiger partial charge in [-0.2, -0.15) is 0 Å². The Kier molecular flexibility index (Phi) is 3.87. The van der Waals surface area contributed by atoms with E-state index in [4.69, 9.17) is 0 Å². The zero-order valence-corrected chi connectivity index (χ0v) is 12.6. The predicted octanol–water partition coefficient (Wildman–Crippen LogP) is 2.19. The molecule has 2 heterocycles. The molecule has 0 saturated heterocycles. The Labute approximate surface area is 122 Å². The molecule has 0 aliphatic carbocycles. The first-order valence-corrected chi connectivity index (χ1v) is 9.13. The van der Waals surface area contributed by atoms with Gasteiger partial charge in [0.15, 0.2) is 9.84 Å². The molecule has 0 unspecified atom stereocenters. The minimum absolute atomic E-state index is 0.120. The van der Waals surface area contributed by atoms with Crippen molar-refractivity contribution in [3.05, 3.63) is 46.4 Å². The van der Waals surface area contributed by atoms with E-state index in [1.807, 2.05) is 23.7 Å². The highest BCUT2D eigenvalue weighted by atomic mass is 32.2. The number of rotatable bonds is 4. The second-order valence-corrected chi connectivity index (χ2v) is 7.88. The summed E-state index contributed by atoms with van der Waals surface area (Å²) in [7, 11) is -3.09. The average molecular weight is 308 g/mol. The quantitative estimate of drug-likeness (QED) is 0.940. The van der Waals surface area contributed by atoms with E-state index in [-0.39, 0.29) is 11.8 Å². The van der Waals surface area contributed by atoms with Crippen LogP contribution in [0.25, 0.3) is 0 Å². The minimum atomic E-state index is -3.09. The SMILES string of the molecule is O=S1(=O)CC[C@H](NCCc2nccs2)c2ccccc21. The number of sulfone groups is 1. The fourth-order valence-corrected chi connectivity index (χ4v) is 4.77. The molecule has 2 aromatic rings. The van der Waals surface area contributed by atoms with Crippen LogP contribution < -0.4 is 5.32 Å². The molecule has 6 heteroatoms. The normalized spacial score (nSPS) is 20.5. The number of aromatic nitrogens is 1. The molecule has 20 heavy (non-hydrogen) atoms. The summed E-state index contributed by atoms with van der Waals surface area (Å²) in [4.78, 5) is 4.73. The van der Waals surface area contributed by atoms with Gasteiger partial charge in [0, 0.05) is 30.6 Å². The smallest absolute Gasteiger partial charge is 0.178 e. The fourth-order valence-electron chi connectivity index (χ4n) is 2.53. The molecule has 3 rings (SSSR count). The van der Waals surface area contributed by atoms with Crippen molar-refractivity contribution in [1.29, 1.82) is 0 Å². The molecule has 0 saturated carbocycles. The van der Waals surface area contributed by atoms with Gasteiger partial charge in [0.25, 0.3) is 0 Å². The highest BCUT2D eigenvalue weighted by Gasteiger charge is 2.29. The van der Waals surface area contributed by atoms with Gasteiger partial charge in [-0.1, -0.05) is 18.2 Å². The lowest BCUT2D eigenvalue weighted by molar-refractivity contribution is 0.494. The molecule has 106 valence electrons. The summed E-state index contributed by atoms with van der Waals surface area (Å²) in [6.07, 6.45) is 3.32. The monoisotopic (exact) mass is 308 g/mol. The Morgan fingerprint density at radius 1 is 1.35 bits per heavy atom. The molecular weight excluding hydrogens is 292 g/mol. The Balaban J connectivity index is 1.72. The average Bonchev–Trinajstić information content (AvgIpc) is 2.95. The maximum Gasteiger partial charge on any atom is 0.178 e. The molecule has 1 aromatic carbocycles. The first kappa shape index (κ1) is 13.7. The predicted molar refractivity (Wildman–Crippen MR) is 79.7 cm³/mol. The van der Waals surface area contributed by atoms with Gasteiger partial charge < -0.3 is 5.32 Å². The topological polar surface area (TPSA) is 59.1 Å². The number of nitrogens with zero attached hydrogens (tertiary/aromatic N) is 1. The molecule has 1 aromatic heterocycles. The van der Waals surface area contributed by atoms with Gasteiger partial charge in [0.1, 0.15) is 0 Å². The lowest BCUT2D eigenvalue weighted by Crippen LogP contribution is -2.31. The van der Waals surface area contributed by atoms with Crippen LogP contribution in [0.1, 0.15) is 23.0 Å². The zero-order valence-electron chi connectivity index (χ0n) is 11.0. The summed E-state index contributed by atoms with van der Waals surface area (Å²) in [5.41, 5.74) is 0.901. The summed E-state index contributed by atoms with van der Waals surface area (Å²) < 4.78 is 24.1. The standard InChI is InChI=1S/C14H16N2O2S2/c17-20(18)10-6-12(11-3-1-2-4-13(11)20)15-7-5-14-16-8-9-19-14/h1-4,8-9,12,15H,5-7,10H2/t12-/m0/s1. The Morgan fingerprint density at radius 3 is 3.00 bits per heavy atom. The van der Waals surface area contributed by atoms with Crippen LogP contribution in [0.3, 0.4) is 0 Å². The van der Waals surface area contributed by atoms with Gasteiger partial charge in [-0.25, -0.2) is 13.4 Å². The van der Waals surface area contributed by atoms with E-state index in [9.17, 15) is 8.42 Å². The molecule has 1 aliphatic heterocycles. The van der Waals surface area contributed by atoms with Gasteiger partial charge in [-0.15, -0.1) is 11.3 Å². The number of hydrogen-bond acceptors (Lipinski definition) is 5. The summed E-state index contributed by atoms with van der Waals surface area (Å²) >= 11 is 1.65. The molecular formula is C14H16N2O2S2. The van der Waals surface area contributed by atoms with E-state index in [2.05, 4.69) is 10.3 Å². The Bertz CT molecular complexity index is 681. The van der Waals surface area contributed by atoms with Crippen molar-refractivity contribution in [1.82, 2.24) is 10.3 Å². The van der Waals surface area contributed by atoms with Crippen LogP contribution in [-0.4, -0.2) is 25.7 Å². The van der Waals surface area contributed by atoms with Gasteiger partial charge in [-0.3, -0.25) is 0 Å². The molecule has 0 bridgehead atoms. The first-order chi connectivity index (χ1) is 9.67. The molecule has 0 fully saturated rings. The Morgan fingerprint density at radius 2 is 2.20 bits per heavy atom. The molecule has 1 aliphatic rings. The molecule has 1 N–H and O–H groups in total. The fraction of sp³-hybridized carbons (Fsp3) is 0.357. The van der Waals surface area contributed by atoms with Crippen molar-refractivity contribution in [2.24, 2.45) is 0 Å². The summed E-state index contributed by atoms with van der Waals surface area (Å²) in [5, 5.41) is 6.53. The third kappa shape index (κ3) is 2.77. The van der Waals surface area contributed by atoms with Crippen molar-refractivity contribution in [3.8, 4) is 0 Å². The Hall–Kier alpha value is -1.24. The van der Waals surface area contributed by atoms with Crippen molar-refractivity contribution < 1.29 is 8.42 Å². The molecule has 0 amide bonds. The van der Waals surface area contributed by atoms with Crippen LogP contribution in [0.2, 0.25) is 0 Å². The van der Waals surface area contributed by atoms with Crippen LogP contribution in [0, 0.1) is 0 Å². The van der Waals surface area contributed by atoms with Crippen LogP contribution in [-0.2, 0) is 16.3 Å². The van der Waals surface area contributed by atoms with Gasteiger partial charge in [-0.05, 0) is 18.1 Å². The third-order valence-corrected chi connectivity index (χ3v) is 6.17. The molecule has 4 nitrogen and oxygen atoms in total. The first-order valence-electron chi connectivity index (χ1n) is 6.60. The lowest BCUT2D eigenvalue weighted by Gasteiger charge is -2.26. The zero-order chi connectivity index (χ0) is 14.0. The molecule has 1 atom stereocenters. The van der Waals surface area contributed by atoms with E-state index < -0.39 is 9.84 Å². The van der Waals surface area contributed by atoms with Crippen LogP contribution >= 0.6 is 11.3 Å².